The standard InChI is InChI=1S/C28H28F5N3O2/c1-17-11-18(14-21(30)12-17)13-19(27(38)35(2)22-9-7-20(29)8-10-22)15-23(37)16-36-25-6-4-3-5-24(25)26(34-36)28(31,32)33/h7-12,14,19H,3-6,13,15-16H2,1-2H3. The summed E-state index contributed by atoms with van der Waals surface area (Å²) in [6, 6.07) is 9.60. The molecule has 1 heterocycles. The Morgan fingerprint density at radius 3 is 2.37 bits per heavy atom. The highest BCUT2D eigenvalue weighted by atomic mass is 19.4. The predicted octanol–water partition coefficient (Wildman–Crippen LogP) is 5.85. The third-order valence-corrected chi connectivity index (χ3v) is 6.80. The average molecular weight is 534 g/mol. The number of rotatable bonds is 8. The summed E-state index contributed by atoms with van der Waals surface area (Å²) in [6.07, 6.45) is -2.90. The van der Waals surface area contributed by atoms with Gasteiger partial charge < -0.3 is 4.90 Å². The summed E-state index contributed by atoms with van der Waals surface area (Å²) < 4.78 is 69.2. The summed E-state index contributed by atoms with van der Waals surface area (Å²) >= 11 is 0. The summed E-state index contributed by atoms with van der Waals surface area (Å²) in [4.78, 5) is 27.9. The number of Topliss-reactive ketones (excluding diaryl/α,β-unsaturated/α-hetero) is 1. The summed E-state index contributed by atoms with van der Waals surface area (Å²) in [5.41, 5.74) is 1.14. The van der Waals surface area contributed by atoms with Crippen molar-refractivity contribution in [2.24, 2.45) is 5.92 Å². The number of hydrogen-bond donors (Lipinski definition) is 0. The van der Waals surface area contributed by atoms with Gasteiger partial charge in [0.05, 0.1) is 6.54 Å². The van der Waals surface area contributed by atoms with Crippen molar-refractivity contribution in [2.45, 2.75) is 58.2 Å². The fraction of sp³-hybridized carbons (Fsp3) is 0.393. The lowest BCUT2D eigenvalue weighted by Crippen LogP contribution is -2.36. The van der Waals surface area contributed by atoms with Crippen LogP contribution in [0.2, 0.25) is 0 Å². The van der Waals surface area contributed by atoms with E-state index in [4.69, 9.17) is 0 Å². The van der Waals surface area contributed by atoms with E-state index in [1.54, 1.807) is 13.0 Å². The maximum absolute atomic E-state index is 14.0. The van der Waals surface area contributed by atoms with E-state index >= 15 is 0 Å². The molecule has 0 radical (unpaired) electrons. The highest BCUT2D eigenvalue weighted by molar-refractivity contribution is 5.97. The third kappa shape index (κ3) is 6.28. The van der Waals surface area contributed by atoms with Gasteiger partial charge in [-0.1, -0.05) is 6.07 Å². The molecule has 1 aromatic heterocycles. The summed E-state index contributed by atoms with van der Waals surface area (Å²) in [5.74, 6) is -2.80. The lowest BCUT2D eigenvalue weighted by atomic mass is 9.91. The first-order chi connectivity index (χ1) is 17.9. The van der Waals surface area contributed by atoms with E-state index in [1.165, 1.54) is 48.3 Å². The molecule has 0 fully saturated rings. The number of ketones is 1. The molecule has 1 aliphatic carbocycles. The number of fused-ring (bicyclic) bond motifs is 1. The molecule has 0 saturated carbocycles. The minimum Gasteiger partial charge on any atom is -0.315 e. The van der Waals surface area contributed by atoms with Gasteiger partial charge in [-0.15, -0.1) is 0 Å². The zero-order valence-electron chi connectivity index (χ0n) is 21.1. The number of amides is 1. The van der Waals surface area contributed by atoms with Gasteiger partial charge in [-0.3, -0.25) is 14.3 Å². The molecule has 0 aliphatic heterocycles. The minimum atomic E-state index is -4.62. The van der Waals surface area contributed by atoms with Crippen LogP contribution in [0.4, 0.5) is 27.6 Å². The van der Waals surface area contributed by atoms with Crippen molar-refractivity contribution in [3.8, 4) is 0 Å². The number of anilines is 1. The van der Waals surface area contributed by atoms with Crippen LogP contribution in [0.1, 0.15) is 47.3 Å². The number of benzene rings is 2. The molecule has 1 amide bonds. The number of aromatic nitrogens is 2. The van der Waals surface area contributed by atoms with Gasteiger partial charge in [0.1, 0.15) is 11.6 Å². The van der Waals surface area contributed by atoms with Crippen molar-refractivity contribution in [1.82, 2.24) is 9.78 Å². The van der Waals surface area contributed by atoms with E-state index in [0.29, 0.717) is 41.8 Å². The van der Waals surface area contributed by atoms with Crippen LogP contribution in [0.25, 0.3) is 0 Å². The van der Waals surface area contributed by atoms with Crippen LogP contribution in [-0.4, -0.2) is 28.5 Å². The van der Waals surface area contributed by atoms with E-state index in [-0.39, 0.29) is 24.8 Å². The number of hydrogen-bond acceptors (Lipinski definition) is 3. The first-order valence-corrected chi connectivity index (χ1v) is 12.4. The van der Waals surface area contributed by atoms with Crippen LogP contribution in [0.15, 0.2) is 42.5 Å². The van der Waals surface area contributed by atoms with Crippen molar-refractivity contribution >= 4 is 17.4 Å². The largest absolute Gasteiger partial charge is 0.435 e. The topological polar surface area (TPSA) is 55.2 Å². The molecule has 0 bridgehead atoms. The molecule has 0 N–H and O–H groups in total. The van der Waals surface area contributed by atoms with Crippen LogP contribution in [0, 0.1) is 24.5 Å². The van der Waals surface area contributed by atoms with Gasteiger partial charge in [-0.2, -0.15) is 18.3 Å². The number of nitrogens with zero attached hydrogens (tertiary/aromatic N) is 3. The molecule has 202 valence electrons. The quantitative estimate of drug-likeness (QED) is 0.342. The van der Waals surface area contributed by atoms with E-state index in [1.807, 2.05) is 0 Å². The minimum absolute atomic E-state index is 0.0414. The Kier molecular flexibility index (Phi) is 7.99. The zero-order chi connectivity index (χ0) is 27.6. The van der Waals surface area contributed by atoms with Gasteiger partial charge in [-0.05, 0) is 86.6 Å². The number of halogens is 5. The number of aryl methyl sites for hydroxylation is 1. The smallest absolute Gasteiger partial charge is 0.315 e. The van der Waals surface area contributed by atoms with E-state index in [2.05, 4.69) is 5.10 Å². The molecule has 1 unspecified atom stereocenters. The molecular weight excluding hydrogens is 505 g/mol. The average Bonchev–Trinajstić information content (AvgIpc) is 3.21. The Morgan fingerprint density at radius 2 is 1.71 bits per heavy atom. The van der Waals surface area contributed by atoms with E-state index in [9.17, 15) is 31.5 Å². The number of carbonyl (C=O) groups is 2. The highest BCUT2D eigenvalue weighted by Crippen LogP contribution is 2.36. The number of alkyl halides is 3. The Bertz CT molecular complexity index is 1310. The Balaban J connectivity index is 1.59. The maximum Gasteiger partial charge on any atom is 0.435 e. The predicted molar refractivity (Wildman–Crippen MR) is 132 cm³/mol. The van der Waals surface area contributed by atoms with Gasteiger partial charge in [0.25, 0.3) is 0 Å². The van der Waals surface area contributed by atoms with Crippen molar-refractivity contribution in [3.63, 3.8) is 0 Å². The van der Waals surface area contributed by atoms with Gasteiger partial charge in [0, 0.05) is 36.3 Å². The molecule has 0 spiro atoms. The van der Waals surface area contributed by atoms with Crippen LogP contribution < -0.4 is 4.90 Å². The normalized spacial score (nSPS) is 14.2. The summed E-state index contributed by atoms with van der Waals surface area (Å²) in [7, 11) is 1.49. The summed E-state index contributed by atoms with van der Waals surface area (Å²) in [6.45, 7) is 1.31. The Labute approximate surface area is 217 Å². The van der Waals surface area contributed by atoms with Crippen LogP contribution in [-0.2, 0) is 41.6 Å². The van der Waals surface area contributed by atoms with Gasteiger partial charge in [0.15, 0.2) is 11.5 Å². The van der Waals surface area contributed by atoms with Crippen LogP contribution >= 0.6 is 0 Å². The van der Waals surface area contributed by atoms with Crippen LogP contribution in [0.5, 0.6) is 0 Å². The molecular formula is C28H28F5N3O2. The molecule has 1 aliphatic rings. The Morgan fingerprint density at radius 1 is 1.03 bits per heavy atom. The lowest BCUT2D eigenvalue weighted by molar-refractivity contribution is -0.142. The molecule has 38 heavy (non-hydrogen) atoms. The summed E-state index contributed by atoms with van der Waals surface area (Å²) in [5, 5.41) is 3.74. The molecule has 2 aromatic carbocycles. The SMILES string of the molecule is Cc1cc(F)cc(CC(CC(=O)Cn2nc(C(F)(F)F)c3c2CCCC3)C(=O)N(C)c2ccc(F)cc2)c1. The maximum atomic E-state index is 14.0. The number of carbonyl (C=O) groups excluding carboxylic acids is 2. The lowest BCUT2D eigenvalue weighted by Gasteiger charge is -2.24. The fourth-order valence-electron chi connectivity index (χ4n) is 5.06. The molecule has 3 aromatic rings. The van der Waals surface area contributed by atoms with Gasteiger partial charge >= 0.3 is 6.18 Å². The van der Waals surface area contributed by atoms with E-state index in [0.717, 1.165) is 4.68 Å². The Hall–Kier alpha value is -3.56. The van der Waals surface area contributed by atoms with Gasteiger partial charge in [-0.25, -0.2) is 8.78 Å². The second-order valence-electron chi connectivity index (χ2n) is 9.79. The molecule has 5 nitrogen and oxygen atoms in total. The fourth-order valence-corrected chi connectivity index (χ4v) is 5.06. The van der Waals surface area contributed by atoms with Crippen molar-refractivity contribution in [1.29, 1.82) is 0 Å². The second kappa shape index (κ2) is 11.0. The molecule has 0 saturated heterocycles. The van der Waals surface area contributed by atoms with Crippen molar-refractivity contribution in [2.75, 3.05) is 11.9 Å². The highest BCUT2D eigenvalue weighted by Gasteiger charge is 2.39. The van der Waals surface area contributed by atoms with E-state index < -0.39 is 47.7 Å². The monoisotopic (exact) mass is 533 g/mol. The first-order valence-electron chi connectivity index (χ1n) is 12.4. The van der Waals surface area contributed by atoms with Crippen molar-refractivity contribution < 1.29 is 31.5 Å². The van der Waals surface area contributed by atoms with Crippen LogP contribution in [0.3, 0.4) is 0 Å². The molecule has 1 atom stereocenters. The zero-order valence-corrected chi connectivity index (χ0v) is 21.1. The van der Waals surface area contributed by atoms with Gasteiger partial charge in [0.2, 0.25) is 5.91 Å². The third-order valence-electron chi connectivity index (χ3n) is 6.80. The molecule has 10 heteroatoms. The molecule has 4 rings (SSSR count). The second-order valence-corrected chi connectivity index (χ2v) is 9.79. The van der Waals surface area contributed by atoms with Crippen molar-refractivity contribution in [3.05, 3.63) is 82.2 Å². The first kappa shape index (κ1) is 27.5.